The monoisotopic (exact) mass is 437 g/mol. The molecule has 33 heavy (non-hydrogen) atoms. The zero-order valence-electron chi connectivity index (χ0n) is 18.4. The quantitative estimate of drug-likeness (QED) is 0.364. The third-order valence-electron chi connectivity index (χ3n) is 6.18. The lowest BCUT2D eigenvalue weighted by Gasteiger charge is -2.10. The van der Waals surface area contributed by atoms with E-state index in [1.54, 1.807) is 0 Å². The predicted octanol–water partition coefficient (Wildman–Crippen LogP) is 5.01. The number of nitrogens with two attached hydrogens (primary N) is 1. The van der Waals surface area contributed by atoms with Crippen molar-refractivity contribution in [2.45, 2.75) is 32.7 Å². The summed E-state index contributed by atoms with van der Waals surface area (Å²) < 4.78 is 1.89. The van der Waals surface area contributed by atoms with Crippen molar-refractivity contribution in [1.82, 2.24) is 24.7 Å². The molecule has 2 aromatic carbocycles. The van der Waals surface area contributed by atoms with Crippen molar-refractivity contribution in [3.05, 3.63) is 59.8 Å². The summed E-state index contributed by atoms with van der Waals surface area (Å²) in [6, 6.07) is 14.0. The molecule has 0 fully saturated rings. The smallest absolute Gasteiger partial charge is 0.231 e. The lowest BCUT2D eigenvalue weighted by atomic mass is 10.1. The number of hydrogen-bond acceptors (Lipinski definition) is 6. The van der Waals surface area contributed by atoms with E-state index in [4.69, 9.17) is 15.8 Å². The number of carbonyl (C=O) groups excluding carboxylic acids is 1. The number of aromatic nitrogens is 5. The molecule has 0 saturated heterocycles. The van der Waals surface area contributed by atoms with Gasteiger partial charge in [0.2, 0.25) is 5.95 Å². The van der Waals surface area contributed by atoms with Gasteiger partial charge in [-0.25, -0.2) is 4.68 Å². The second-order valence-electron chi connectivity index (χ2n) is 8.72. The van der Waals surface area contributed by atoms with Crippen LogP contribution in [-0.2, 0) is 6.42 Å². The first kappa shape index (κ1) is 19.5. The highest BCUT2D eigenvalue weighted by Crippen LogP contribution is 2.34. The van der Waals surface area contributed by atoms with Crippen LogP contribution in [0.5, 0.6) is 0 Å². The van der Waals surface area contributed by atoms with Gasteiger partial charge in [-0.3, -0.25) is 4.79 Å². The maximum Gasteiger partial charge on any atom is 0.231 e. The molecular formula is C25H23N7O. The molecular weight excluding hydrogens is 414 g/mol. The van der Waals surface area contributed by atoms with Crippen LogP contribution in [0.1, 0.15) is 42.2 Å². The Morgan fingerprint density at radius 2 is 1.97 bits per heavy atom. The van der Waals surface area contributed by atoms with E-state index in [0.717, 1.165) is 50.8 Å². The first-order valence-corrected chi connectivity index (χ1v) is 11.0. The number of hydrogen-bond donors (Lipinski definition) is 3. The minimum atomic E-state index is 0.0883. The Balaban J connectivity index is 1.46. The maximum atomic E-state index is 11.9. The van der Waals surface area contributed by atoms with Crippen LogP contribution in [0.15, 0.2) is 48.7 Å². The fourth-order valence-corrected chi connectivity index (χ4v) is 4.54. The standard InChI is InChI=1S/C25H23N7O/c1-13(2)32-24-21(22(31-32)16-3-7-19-15(11-16)9-10-27-19)23(26)29-25(30-24)28-17-5-6-18-14(12-17)4-8-20(18)33/h3,5-7,9-13,27H,4,8H2,1-2H3,(H3,26,28,29,30). The minimum absolute atomic E-state index is 0.0883. The van der Waals surface area contributed by atoms with Gasteiger partial charge in [-0.15, -0.1) is 0 Å². The first-order valence-electron chi connectivity index (χ1n) is 11.0. The fourth-order valence-electron chi connectivity index (χ4n) is 4.54. The van der Waals surface area contributed by atoms with Gasteiger partial charge < -0.3 is 16.0 Å². The number of nitrogens with zero attached hydrogens (tertiary/aromatic N) is 4. The second-order valence-corrected chi connectivity index (χ2v) is 8.72. The summed E-state index contributed by atoms with van der Waals surface area (Å²) in [4.78, 5) is 24.5. The first-order chi connectivity index (χ1) is 16.0. The molecule has 0 bridgehead atoms. The molecule has 0 aliphatic heterocycles. The van der Waals surface area contributed by atoms with Crippen LogP contribution in [0, 0.1) is 0 Å². The van der Waals surface area contributed by atoms with E-state index < -0.39 is 0 Å². The van der Waals surface area contributed by atoms with Crippen LogP contribution in [0.4, 0.5) is 17.5 Å². The van der Waals surface area contributed by atoms with Crippen LogP contribution in [0.3, 0.4) is 0 Å². The fraction of sp³-hybridized carbons (Fsp3) is 0.200. The molecule has 0 saturated carbocycles. The van der Waals surface area contributed by atoms with E-state index in [9.17, 15) is 4.79 Å². The maximum absolute atomic E-state index is 11.9. The average molecular weight is 438 g/mol. The van der Waals surface area contributed by atoms with Gasteiger partial charge in [0.05, 0.1) is 5.39 Å². The molecule has 3 heterocycles. The number of ketones is 1. The second kappa shape index (κ2) is 7.16. The van der Waals surface area contributed by atoms with Gasteiger partial charge >= 0.3 is 0 Å². The molecule has 0 spiro atoms. The van der Waals surface area contributed by atoms with Gasteiger partial charge in [0, 0.05) is 46.4 Å². The van der Waals surface area contributed by atoms with Crippen LogP contribution in [0.25, 0.3) is 33.2 Å². The van der Waals surface area contributed by atoms with E-state index >= 15 is 0 Å². The summed E-state index contributed by atoms with van der Waals surface area (Å²) in [5.74, 6) is 0.971. The zero-order valence-corrected chi connectivity index (χ0v) is 18.4. The Morgan fingerprint density at radius 3 is 2.82 bits per heavy atom. The van der Waals surface area contributed by atoms with Crippen LogP contribution in [0.2, 0.25) is 0 Å². The van der Waals surface area contributed by atoms with Crippen molar-refractivity contribution in [2.24, 2.45) is 0 Å². The number of H-pyrrole nitrogens is 1. The lowest BCUT2D eigenvalue weighted by molar-refractivity contribution is 0.0994. The molecule has 8 nitrogen and oxygen atoms in total. The van der Waals surface area contributed by atoms with E-state index in [0.29, 0.717) is 23.8 Å². The largest absolute Gasteiger partial charge is 0.383 e. The Labute approximate surface area is 189 Å². The molecule has 164 valence electrons. The van der Waals surface area contributed by atoms with Crippen LogP contribution in [-0.4, -0.2) is 30.5 Å². The summed E-state index contributed by atoms with van der Waals surface area (Å²) >= 11 is 0. The summed E-state index contributed by atoms with van der Waals surface area (Å²) in [6.45, 7) is 4.13. The van der Waals surface area contributed by atoms with Crippen LogP contribution >= 0.6 is 0 Å². The zero-order chi connectivity index (χ0) is 22.7. The number of fused-ring (bicyclic) bond motifs is 3. The number of rotatable bonds is 4. The average Bonchev–Trinajstić information content (AvgIpc) is 3.50. The van der Waals surface area contributed by atoms with Gasteiger partial charge in [-0.2, -0.15) is 15.1 Å². The number of nitrogen functional groups attached to an aromatic ring is 1. The molecule has 4 N–H and O–H groups in total. The summed E-state index contributed by atoms with van der Waals surface area (Å²) in [6.07, 6.45) is 3.25. The number of nitrogens with one attached hydrogen (secondary N) is 2. The number of aryl methyl sites for hydroxylation is 1. The highest BCUT2D eigenvalue weighted by atomic mass is 16.1. The number of Topliss-reactive ketones (excluding diaryl/α,β-unsaturated/α-hetero) is 1. The molecule has 8 heteroatoms. The SMILES string of the molecule is CC(C)n1nc(-c2ccc3[nH]ccc3c2)c2c(N)nc(Nc3ccc4c(c3)CCC4=O)nc21. The van der Waals surface area contributed by atoms with Gasteiger partial charge in [0.15, 0.2) is 11.4 Å². The van der Waals surface area contributed by atoms with Gasteiger partial charge in [0.1, 0.15) is 11.5 Å². The van der Waals surface area contributed by atoms with Crippen molar-refractivity contribution in [2.75, 3.05) is 11.1 Å². The van der Waals surface area contributed by atoms with Crippen molar-refractivity contribution in [1.29, 1.82) is 0 Å². The van der Waals surface area contributed by atoms with Gasteiger partial charge in [-0.05, 0) is 62.2 Å². The predicted molar refractivity (Wildman–Crippen MR) is 130 cm³/mol. The summed E-state index contributed by atoms with van der Waals surface area (Å²) in [7, 11) is 0. The molecule has 3 aromatic heterocycles. The number of carbonyl (C=O) groups is 1. The van der Waals surface area contributed by atoms with Crippen LogP contribution < -0.4 is 11.1 Å². The lowest BCUT2D eigenvalue weighted by Crippen LogP contribution is -2.07. The van der Waals surface area contributed by atoms with Gasteiger partial charge in [-0.1, -0.05) is 6.07 Å². The van der Waals surface area contributed by atoms with E-state index in [1.165, 1.54) is 0 Å². The molecule has 0 amide bonds. The third kappa shape index (κ3) is 3.14. The highest BCUT2D eigenvalue weighted by molar-refractivity contribution is 6.02. The highest BCUT2D eigenvalue weighted by Gasteiger charge is 2.22. The molecule has 0 atom stereocenters. The van der Waals surface area contributed by atoms with Crippen molar-refractivity contribution in [3.63, 3.8) is 0 Å². The van der Waals surface area contributed by atoms with E-state index in [2.05, 4.69) is 35.2 Å². The molecule has 6 rings (SSSR count). The Morgan fingerprint density at radius 1 is 1.09 bits per heavy atom. The molecule has 1 aliphatic rings. The third-order valence-corrected chi connectivity index (χ3v) is 6.18. The molecule has 5 aromatic rings. The Bertz CT molecular complexity index is 1560. The summed E-state index contributed by atoms with van der Waals surface area (Å²) in [5.41, 5.74) is 12.6. The van der Waals surface area contributed by atoms with Gasteiger partial charge in [0.25, 0.3) is 0 Å². The number of anilines is 3. The van der Waals surface area contributed by atoms with Crippen molar-refractivity contribution < 1.29 is 4.79 Å². The molecule has 0 radical (unpaired) electrons. The number of aromatic amines is 1. The normalized spacial score (nSPS) is 13.4. The topological polar surface area (TPSA) is 115 Å². The van der Waals surface area contributed by atoms with Crippen molar-refractivity contribution >= 4 is 45.2 Å². The van der Waals surface area contributed by atoms with E-state index in [1.807, 2.05) is 47.3 Å². The minimum Gasteiger partial charge on any atom is -0.383 e. The summed E-state index contributed by atoms with van der Waals surface area (Å²) in [5, 5.41) is 9.98. The Hall–Kier alpha value is -4.20. The number of benzene rings is 2. The molecule has 0 unspecified atom stereocenters. The van der Waals surface area contributed by atoms with Crippen molar-refractivity contribution in [3.8, 4) is 11.3 Å². The molecule has 1 aliphatic carbocycles. The Kier molecular flexibility index (Phi) is 4.23. The van der Waals surface area contributed by atoms with E-state index in [-0.39, 0.29) is 11.8 Å².